The van der Waals surface area contributed by atoms with Gasteiger partial charge in [0.1, 0.15) is 11.4 Å². The summed E-state index contributed by atoms with van der Waals surface area (Å²) >= 11 is 0. The summed E-state index contributed by atoms with van der Waals surface area (Å²) < 4.78 is 31.7. The second-order valence-corrected chi connectivity index (χ2v) is 8.95. The van der Waals surface area contributed by atoms with Crippen LogP contribution in [-0.2, 0) is 10.0 Å². The highest BCUT2D eigenvalue weighted by Gasteiger charge is 2.34. The molecule has 2 aliphatic rings. The fourth-order valence-electron chi connectivity index (χ4n) is 3.95. The fourth-order valence-corrected chi connectivity index (χ4v) is 5.49. The van der Waals surface area contributed by atoms with Crippen LogP contribution in [0.5, 0.6) is 5.75 Å². The van der Waals surface area contributed by atoms with Crippen molar-refractivity contribution in [3.8, 4) is 5.75 Å². The van der Waals surface area contributed by atoms with E-state index in [1.807, 2.05) is 19.2 Å². The monoisotopic (exact) mass is 375 g/mol. The molecule has 2 aromatic heterocycles. The molecule has 0 atom stereocenters. The first-order valence-corrected chi connectivity index (χ1v) is 10.6. The number of nitrogens with one attached hydrogen (secondary N) is 1. The fraction of sp³-hybridized carbons (Fsp3) is 0.471. The summed E-state index contributed by atoms with van der Waals surface area (Å²) in [5.41, 5.74) is 2.76. The van der Waals surface area contributed by atoms with E-state index in [2.05, 4.69) is 9.97 Å². The van der Waals surface area contributed by atoms with Gasteiger partial charge in [-0.15, -0.1) is 0 Å². The summed E-state index contributed by atoms with van der Waals surface area (Å²) in [6.07, 6.45) is 5.55. The molecule has 1 fully saturated rings. The highest BCUT2D eigenvalue weighted by Crippen LogP contribution is 2.42. The van der Waals surface area contributed by atoms with Gasteiger partial charge in [0.2, 0.25) is 10.0 Å². The molecule has 2 aromatic rings. The van der Waals surface area contributed by atoms with Crippen molar-refractivity contribution in [1.82, 2.24) is 14.3 Å². The van der Waals surface area contributed by atoms with Gasteiger partial charge >= 0.3 is 7.12 Å². The Morgan fingerprint density at radius 3 is 2.92 bits per heavy atom. The van der Waals surface area contributed by atoms with Crippen molar-refractivity contribution in [3.05, 3.63) is 30.0 Å². The first-order valence-electron chi connectivity index (χ1n) is 9.00. The van der Waals surface area contributed by atoms with Crippen molar-refractivity contribution in [1.29, 1.82) is 0 Å². The molecule has 4 rings (SSSR count). The first kappa shape index (κ1) is 17.6. The second-order valence-electron chi connectivity index (χ2n) is 6.86. The molecule has 7 nitrogen and oxygen atoms in total. The van der Waals surface area contributed by atoms with Crippen LogP contribution in [0, 0.1) is 5.92 Å². The van der Waals surface area contributed by atoms with Crippen LogP contribution in [0.25, 0.3) is 16.6 Å². The van der Waals surface area contributed by atoms with Crippen molar-refractivity contribution < 1.29 is 18.1 Å². The predicted octanol–water partition coefficient (Wildman–Crippen LogP) is 1.81. The van der Waals surface area contributed by atoms with Crippen molar-refractivity contribution in [2.75, 3.05) is 18.8 Å². The minimum absolute atomic E-state index is 0.181. The molecule has 0 radical (unpaired) electrons. The molecule has 0 amide bonds. The molecule has 0 aliphatic carbocycles. The SMILES string of the molecule is CCCS(=O)(=O)N1CCC(C2=CB(O)Oc3cnc4[nH]ccc4c32)CC1. The topological polar surface area (TPSA) is 95.5 Å². The van der Waals surface area contributed by atoms with E-state index in [-0.39, 0.29) is 11.7 Å². The van der Waals surface area contributed by atoms with E-state index in [1.165, 1.54) is 0 Å². The third kappa shape index (κ3) is 3.04. The molecule has 9 heteroatoms. The average Bonchev–Trinajstić information content (AvgIpc) is 3.09. The van der Waals surface area contributed by atoms with Crippen LogP contribution >= 0.6 is 0 Å². The molecule has 2 aliphatic heterocycles. The standard InChI is InChI=1S/C17H22BN3O4S/c1-2-9-26(23,24)21-7-4-12(5-8-21)14-10-18(22)25-15-11-20-17-13(16(14)15)3-6-19-17/h3,6,10-12,22H,2,4-5,7-9H2,1H3,(H,19,20). The van der Waals surface area contributed by atoms with Crippen LogP contribution in [0.4, 0.5) is 0 Å². The van der Waals surface area contributed by atoms with Gasteiger partial charge in [0.15, 0.2) is 0 Å². The van der Waals surface area contributed by atoms with Crippen molar-refractivity contribution >= 4 is 33.7 Å². The minimum atomic E-state index is -3.16. The van der Waals surface area contributed by atoms with Gasteiger partial charge in [-0.25, -0.2) is 17.7 Å². The number of rotatable bonds is 4. The van der Waals surface area contributed by atoms with Crippen LogP contribution in [0.2, 0.25) is 0 Å². The zero-order valence-electron chi connectivity index (χ0n) is 14.7. The largest absolute Gasteiger partial charge is 0.552 e. The molecule has 1 saturated heterocycles. The highest BCUT2D eigenvalue weighted by atomic mass is 32.2. The summed E-state index contributed by atoms with van der Waals surface area (Å²) in [4.78, 5) is 7.43. The van der Waals surface area contributed by atoms with Gasteiger partial charge in [0.05, 0.1) is 11.9 Å². The van der Waals surface area contributed by atoms with Crippen LogP contribution in [0.15, 0.2) is 24.4 Å². The number of fused-ring (bicyclic) bond motifs is 3. The summed E-state index contributed by atoms with van der Waals surface area (Å²) in [7, 11) is -4.16. The van der Waals surface area contributed by atoms with Gasteiger partial charge in [-0.05, 0) is 42.8 Å². The molecule has 0 bridgehead atoms. The van der Waals surface area contributed by atoms with Gasteiger partial charge in [0.25, 0.3) is 0 Å². The lowest BCUT2D eigenvalue weighted by atomic mass is 9.74. The zero-order chi connectivity index (χ0) is 18.3. The Labute approximate surface area is 153 Å². The Balaban J connectivity index is 1.62. The molecule has 138 valence electrons. The quantitative estimate of drug-likeness (QED) is 0.795. The van der Waals surface area contributed by atoms with E-state index in [0.717, 1.165) is 35.0 Å². The molecule has 2 N–H and O–H groups in total. The van der Waals surface area contributed by atoms with Crippen molar-refractivity contribution in [3.63, 3.8) is 0 Å². The van der Waals surface area contributed by atoms with Crippen LogP contribution in [0.3, 0.4) is 0 Å². The van der Waals surface area contributed by atoms with Crippen molar-refractivity contribution in [2.24, 2.45) is 5.92 Å². The van der Waals surface area contributed by atoms with Crippen molar-refractivity contribution in [2.45, 2.75) is 26.2 Å². The Hall–Kier alpha value is -1.84. The van der Waals surface area contributed by atoms with Gasteiger partial charge in [-0.2, -0.15) is 0 Å². The van der Waals surface area contributed by atoms with E-state index >= 15 is 0 Å². The molecular weight excluding hydrogens is 353 g/mol. The van der Waals surface area contributed by atoms with Crippen LogP contribution in [0.1, 0.15) is 31.7 Å². The molecule has 4 heterocycles. The number of sulfonamides is 1. The summed E-state index contributed by atoms with van der Waals surface area (Å²) in [6, 6.07) is 1.96. The zero-order valence-corrected chi connectivity index (χ0v) is 15.5. The van der Waals surface area contributed by atoms with Crippen LogP contribution in [-0.4, -0.2) is 53.7 Å². The third-order valence-corrected chi connectivity index (χ3v) is 7.24. The summed E-state index contributed by atoms with van der Waals surface area (Å²) in [5.74, 6) is 2.70. The van der Waals surface area contributed by atoms with E-state index in [1.54, 1.807) is 16.5 Å². The maximum absolute atomic E-state index is 12.3. The molecule has 26 heavy (non-hydrogen) atoms. The Kier molecular flexibility index (Phi) is 4.54. The number of aromatic nitrogens is 2. The third-order valence-electron chi connectivity index (χ3n) is 5.16. The van der Waals surface area contributed by atoms with Gasteiger partial charge < -0.3 is 14.7 Å². The number of hydrogen-bond donors (Lipinski definition) is 2. The molecule has 0 spiro atoms. The summed E-state index contributed by atoms with van der Waals surface area (Å²) in [6.45, 7) is 2.90. The van der Waals surface area contributed by atoms with E-state index in [0.29, 0.717) is 25.3 Å². The molecular formula is C17H22BN3O4S. The van der Waals surface area contributed by atoms with Gasteiger partial charge in [-0.1, -0.05) is 6.92 Å². The Bertz CT molecular complexity index is 948. The average molecular weight is 375 g/mol. The predicted molar refractivity (Wildman–Crippen MR) is 101 cm³/mol. The maximum atomic E-state index is 12.3. The number of allylic oxidation sites excluding steroid dienone is 1. The van der Waals surface area contributed by atoms with E-state index < -0.39 is 17.1 Å². The number of aromatic amines is 1. The number of piperidine rings is 1. The van der Waals surface area contributed by atoms with Gasteiger partial charge in [0, 0.05) is 30.2 Å². The lowest BCUT2D eigenvalue weighted by Gasteiger charge is -2.34. The number of nitrogens with zero attached hydrogens (tertiary/aromatic N) is 2. The van der Waals surface area contributed by atoms with Gasteiger partial charge in [-0.3, -0.25) is 0 Å². The lowest BCUT2D eigenvalue weighted by molar-refractivity contribution is 0.310. The number of pyridine rings is 1. The summed E-state index contributed by atoms with van der Waals surface area (Å²) in [5, 5.41) is 11.1. The lowest BCUT2D eigenvalue weighted by Crippen LogP contribution is -2.40. The molecule has 0 aromatic carbocycles. The Morgan fingerprint density at radius 1 is 1.42 bits per heavy atom. The van der Waals surface area contributed by atoms with Crippen LogP contribution < -0.4 is 4.65 Å². The molecule has 0 unspecified atom stereocenters. The first-order chi connectivity index (χ1) is 12.5. The van der Waals surface area contributed by atoms with E-state index in [4.69, 9.17) is 4.65 Å². The highest BCUT2D eigenvalue weighted by molar-refractivity contribution is 7.89. The number of hydrogen-bond acceptors (Lipinski definition) is 5. The normalized spacial score (nSPS) is 19.3. The van der Waals surface area contributed by atoms with E-state index in [9.17, 15) is 13.4 Å². The second kappa shape index (κ2) is 6.72. The minimum Gasteiger partial charge on any atom is -0.531 e. The number of H-pyrrole nitrogens is 1. The smallest absolute Gasteiger partial charge is 0.531 e. The Morgan fingerprint density at radius 2 is 2.19 bits per heavy atom. The maximum Gasteiger partial charge on any atom is 0.552 e. The molecule has 0 saturated carbocycles.